The van der Waals surface area contributed by atoms with Gasteiger partial charge in [-0.05, 0) is 25.9 Å². The summed E-state index contributed by atoms with van der Waals surface area (Å²) in [5, 5.41) is 16.1. The molecule has 0 atom stereocenters. The van der Waals surface area contributed by atoms with Gasteiger partial charge in [-0.15, -0.1) is 0 Å². The highest BCUT2D eigenvalue weighted by Gasteiger charge is 2.34. The third-order valence-electron chi connectivity index (χ3n) is 3.85. The van der Waals surface area contributed by atoms with Crippen LogP contribution in [0.5, 0.6) is 0 Å². The number of likely N-dealkylation sites (tertiary alicyclic amines) is 1. The van der Waals surface area contributed by atoms with Gasteiger partial charge in [0.2, 0.25) is 0 Å². The highest BCUT2D eigenvalue weighted by Crippen LogP contribution is 2.31. The average molecular weight is 251 g/mol. The first-order valence-corrected chi connectivity index (χ1v) is 6.21. The van der Waals surface area contributed by atoms with Crippen molar-refractivity contribution in [3.8, 4) is 0 Å². The monoisotopic (exact) mass is 251 g/mol. The Balaban J connectivity index is 1.91. The van der Waals surface area contributed by atoms with Crippen molar-refractivity contribution in [1.82, 2.24) is 14.7 Å². The van der Waals surface area contributed by atoms with E-state index in [0.29, 0.717) is 5.84 Å². The summed E-state index contributed by atoms with van der Waals surface area (Å²) in [5.41, 5.74) is 6.81. The molecule has 3 N–H and O–H groups in total. The van der Waals surface area contributed by atoms with Crippen molar-refractivity contribution in [2.45, 2.75) is 26.3 Å². The van der Waals surface area contributed by atoms with Gasteiger partial charge in [-0.1, -0.05) is 12.1 Å². The molecule has 0 spiro atoms. The fourth-order valence-corrected chi connectivity index (χ4v) is 2.39. The molecule has 1 fully saturated rings. The van der Waals surface area contributed by atoms with Crippen LogP contribution in [0.15, 0.2) is 17.5 Å². The molecule has 6 nitrogen and oxygen atoms in total. The molecule has 0 unspecified atom stereocenters. The highest BCUT2D eigenvalue weighted by molar-refractivity contribution is 5.85. The van der Waals surface area contributed by atoms with Gasteiger partial charge in [0.25, 0.3) is 0 Å². The molecule has 1 aliphatic heterocycles. The van der Waals surface area contributed by atoms with E-state index in [1.807, 2.05) is 24.1 Å². The number of nitrogens with two attached hydrogens (primary N) is 1. The molecule has 1 aliphatic rings. The zero-order chi connectivity index (χ0) is 13.2. The van der Waals surface area contributed by atoms with Crippen molar-refractivity contribution < 1.29 is 5.21 Å². The zero-order valence-corrected chi connectivity index (χ0v) is 11.0. The van der Waals surface area contributed by atoms with Crippen molar-refractivity contribution >= 4 is 5.84 Å². The van der Waals surface area contributed by atoms with E-state index in [1.54, 1.807) is 0 Å². The van der Waals surface area contributed by atoms with E-state index in [-0.39, 0.29) is 5.41 Å². The molecule has 100 valence electrons. The Morgan fingerprint density at radius 2 is 2.22 bits per heavy atom. The molecule has 1 aromatic heterocycles. The van der Waals surface area contributed by atoms with Gasteiger partial charge in [0.15, 0.2) is 0 Å². The van der Waals surface area contributed by atoms with Crippen molar-refractivity contribution in [1.29, 1.82) is 0 Å². The molecule has 2 heterocycles. The van der Waals surface area contributed by atoms with Crippen LogP contribution >= 0.6 is 0 Å². The second kappa shape index (κ2) is 4.97. The van der Waals surface area contributed by atoms with Crippen LogP contribution in [-0.4, -0.2) is 38.8 Å². The molecule has 0 amide bonds. The van der Waals surface area contributed by atoms with Crippen molar-refractivity contribution in [2.75, 3.05) is 13.1 Å². The van der Waals surface area contributed by atoms with Crippen molar-refractivity contribution in [3.05, 3.63) is 18.0 Å². The third-order valence-corrected chi connectivity index (χ3v) is 3.85. The minimum Gasteiger partial charge on any atom is -0.409 e. The number of rotatable bonds is 3. The van der Waals surface area contributed by atoms with Crippen LogP contribution < -0.4 is 5.73 Å². The minimum atomic E-state index is -0.166. The van der Waals surface area contributed by atoms with Gasteiger partial charge in [0.1, 0.15) is 5.84 Å². The Morgan fingerprint density at radius 3 is 2.72 bits per heavy atom. The van der Waals surface area contributed by atoms with E-state index in [4.69, 9.17) is 10.9 Å². The molecule has 1 saturated heterocycles. The van der Waals surface area contributed by atoms with E-state index in [9.17, 15) is 0 Å². The minimum absolute atomic E-state index is 0.166. The van der Waals surface area contributed by atoms with Gasteiger partial charge in [-0.2, -0.15) is 5.10 Å². The number of hydrogen-bond donors (Lipinski definition) is 2. The van der Waals surface area contributed by atoms with Gasteiger partial charge in [-0.25, -0.2) is 0 Å². The van der Waals surface area contributed by atoms with Crippen LogP contribution in [0.25, 0.3) is 0 Å². The highest BCUT2D eigenvalue weighted by atomic mass is 16.4. The number of hydrogen-bond acceptors (Lipinski definition) is 4. The van der Waals surface area contributed by atoms with E-state index < -0.39 is 0 Å². The molecule has 0 aliphatic carbocycles. The second-order valence-electron chi connectivity index (χ2n) is 5.34. The molecule has 0 bridgehead atoms. The molecule has 2 rings (SSSR count). The van der Waals surface area contributed by atoms with E-state index in [2.05, 4.69) is 22.1 Å². The lowest BCUT2D eigenvalue weighted by Gasteiger charge is -2.38. The molecule has 0 aromatic carbocycles. The average Bonchev–Trinajstić information content (AvgIpc) is 2.77. The summed E-state index contributed by atoms with van der Waals surface area (Å²) in [6, 6.07) is 0. The van der Waals surface area contributed by atoms with Gasteiger partial charge in [0, 0.05) is 30.8 Å². The van der Waals surface area contributed by atoms with Gasteiger partial charge >= 0.3 is 0 Å². The third kappa shape index (κ3) is 2.64. The topological polar surface area (TPSA) is 79.7 Å². The molecular formula is C12H21N5O. The normalized spacial score (nSPS) is 21.1. The molecule has 0 saturated carbocycles. The zero-order valence-electron chi connectivity index (χ0n) is 11.0. The molecular weight excluding hydrogens is 230 g/mol. The Labute approximate surface area is 107 Å². The maximum atomic E-state index is 8.79. The smallest absolute Gasteiger partial charge is 0.145 e. The van der Waals surface area contributed by atoms with E-state index >= 15 is 0 Å². The summed E-state index contributed by atoms with van der Waals surface area (Å²) in [4.78, 5) is 2.38. The quantitative estimate of drug-likeness (QED) is 0.360. The first-order chi connectivity index (χ1) is 8.53. The number of aryl methyl sites for hydroxylation is 1. The summed E-state index contributed by atoms with van der Waals surface area (Å²) < 4.78 is 1.82. The van der Waals surface area contributed by atoms with Crippen LogP contribution in [0.2, 0.25) is 0 Å². The number of piperidine rings is 1. The first kappa shape index (κ1) is 12.9. The Morgan fingerprint density at radius 1 is 1.56 bits per heavy atom. The summed E-state index contributed by atoms with van der Waals surface area (Å²) in [6.07, 6.45) is 5.78. The maximum Gasteiger partial charge on any atom is 0.145 e. The molecule has 1 aromatic rings. The van der Waals surface area contributed by atoms with Crippen LogP contribution in [0.3, 0.4) is 0 Å². The fraction of sp³-hybridized carbons (Fsp3) is 0.667. The van der Waals surface area contributed by atoms with Crippen LogP contribution in [-0.2, 0) is 13.6 Å². The van der Waals surface area contributed by atoms with Gasteiger partial charge in [-0.3, -0.25) is 9.58 Å². The fourth-order valence-electron chi connectivity index (χ4n) is 2.39. The van der Waals surface area contributed by atoms with Crippen LogP contribution in [0.4, 0.5) is 0 Å². The van der Waals surface area contributed by atoms with Gasteiger partial charge in [0.05, 0.1) is 6.20 Å². The van der Waals surface area contributed by atoms with E-state index in [1.165, 1.54) is 5.56 Å². The van der Waals surface area contributed by atoms with Crippen LogP contribution in [0, 0.1) is 5.41 Å². The first-order valence-electron chi connectivity index (χ1n) is 6.21. The predicted molar refractivity (Wildman–Crippen MR) is 69.2 cm³/mol. The Bertz CT molecular complexity index is 431. The van der Waals surface area contributed by atoms with Crippen molar-refractivity contribution in [3.63, 3.8) is 0 Å². The predicted octanol–water partition coefficient (Wildman–Crippen LogP) is 0.769. The lowest BCUT2D eigenvalue weighted by atomic mass is 9.79. The summed E-state index contributed by atoms with van der Waals surface area (Å²) in [7, 11) is 1.93. The number of nitrogens with zero attached hydrogens (tertiary/aromatic N) is 4. The van der Waals surface area contributed by atoms with E-state index in [0.717, 1.165) is 32.5 Å². The standard InChI is InChI=1S/C12H21N5O/c1-12(11(13)15-18)3-5-17(6-4-12)9-10-7-14-16(2)8-10/h7-8,18H,3-6,9H2,1-2H3,(H2,13,15). The Kier molecular flexibility index (Phi) is 3.56. The lowest BCUT2D eigenvalue weighted by Crippen LogP contribution is -2.45. The second-order valence-corrected chi connectivity index (χ2v) is 5.34. The summed E-state index contributed by atoms with van der Waals surface area (Å²) in [6.45, 7) is 4.90. The van der Waals surface area contributed by atoms with Crippen LogP contribution in [0.1, 0.15) is 25.3 Å². The SMILES string of the molecule is Cn1cc(CN2CCC(C)(/C(N)=N/O)CC2)cn1. The largest absolute Gasteiger partial charge is 0.409 e. The van der Waals surface area contributed by atoms with Gasteiger partial charge < -0.3 is 10.9 Å². The molecule has 18 heavy (non-hydrogen) atoms. The van der Waals surface area contributed by atoms with Crippen molar-refractivity contribution in [2.24, 2.45) is 23.4 Å². The Hall–Kier alpha value is -1.56. The lowest BCUT2D eigenvalue weighted by molar-refractivity contribution is 0.153. The number of aromatic nitrogens is 2. The maximum absolute atomic E-state index is 8.79. The number of amidine groups is 1. The summed E-state index contributed by atoms with van der Waals surface area (Å²) in [5.74, 6) is 0.350. The summed E-state index contributed by atoms with van der Waals surface area (Å²) >= 11 is 0. The molecule has 6 heteroatoms. The number of oxime groups is 1. The molecule has 0 radical (unpaired) electrons.